The van der Waals surface area contributed by atoms with Crippen LogP contribution in [-0.2, 0) is 14.3 Å². The van der Waals surface area contributed by atoms with Gasteiger partial charge in [-0.25, -0.2) is 0 Å². The van der Waals surface area contributed by atoms with Crippen LogP contribution in [0.15, 0.2) is 24.3 Å². The van der Waals surface area contributed by atoms with Crippen LogP contribution in [0.3, 0.4) is 0 Å². The second-order valence-electron chi connectivity index (χ2n) is 4.28. The number of amides is 1. The van der Waals surface area contributed by atoms with Crippen LogP contribution in [0.1, 0.15) is 25.7 Å². The summed E-state index contributed by atoms with van der Waals surface area (Å²) in [5.41, 5.74) is 0.892. The molecule has 0 bridgehead atoms. The van der Waals surface area contributed by atoms with Gasteiger partial charge in [0.15, 0.2) is 0 Å². The quantitative estimate of drug-likeness (QED) is 0.449. The Morgan fingerprint density at radius 3 is 2.32 bits per heavy atom. The van der Waals surface area contributed by atoms with E-state index in [1.165, 1.54) is 11.5 Å². The molecule has 0 aliphatic heterocycles. The van der Waals surface area contributed by atoms with Gasteiger partial charge in [0, 0.05) is 0 Å². The van der Waals surface area contributed by atoms with E-state index in [0.29, 0.717) is 25.7 Å². The molecule has 0 atom stereocenters. The number of hydrogen-bond donors (Lipinski definition) is 0. The molecule has 0 heterocycles. The fourth-order valence-electron chi connectivity index (χ4n) is 1.64. The summed E-state index contributed by atoms with van der Waals surface area (Å²) in [6.07, 6.45) is 2.20. The van der Waals surface area contributed by atoms with Crippen molar-refractivity contribution in [2.75, 3.05) is 19.1 Å². The summed E-state index contributed by atoms with van der Waals surface area (Å²) in [6, 6.07) is 7.83. The van der Waals surface area contributed by atoms with Gasteiger partial charge in [-0.15, -0.1) is 0 Å². The zero-order valence-electron chi connectivity index (χ0n) is 11.3. The normalized spacial score (nSPS) is 10.1. The molecule has 1 rings (SSSR count). The Kier molecular flexibility index (Phi) is 6.63. The monoisotopic (exact) mass is 322 g/mol. The summed E-state index contributed by atoms with van der Waals surface area (Å²) in [5.74, 6) is -0.159. The van der Waals surface area contributed by atoms with Crippen LogP contribution >= 0.6 is 0 Å². The number of unbranched alkanes of at least 4 members (excludes halogenated alkanes) is 1. The molecule has 0 aromatic heterocycles. The number of methoxy groups -OCH3 is 1. The summed E-state index contributed by atoms with van der Waals surface area (Å²) in [5, 5.41) is 0. The van der Waals surface area contributed by atoms with Crippen LogP contribution in [-0.4, -0.2) is 42.5 Å². The van der Waals surface area contributed by atoms with Gasteiger partial charge in [-0.05, 0) is 0 Å². The molecular formula is C14H18GeNO3. The Balaban J connectivity index is 2.36. The average molecular weight is 321 g/mol. The first-order valence-electron chi connectivity index (χ1n) is 6.19. The third-order valence-corrected chi connectivity index (χ3v) is 3.58. The molecule has 0 saturated carbocycles. The van der Waals surface area contributed by atoms with Crippen molar-refractivity contribution in [2.45, 2.75) is 25.7 Å². The minimum atomic E-state index is -0.223. The first kappa shape index (κ1) is 15.8. The fraction of sp³-hybridized carbons (Fsp3) is 0.429. The Bertz CT molecular complexity index is 431. The first-order valence-corrected chi connectivity index (χ1v) is 7.24. The van der Waals surface area contributed by atoms with Gasteiger partial charge in [-0.3, -0.25) is 0 Å². The predicted molar refractivity (Wildman–Crippen MR) is 75.7 cm³/mol. The minimum absolute atomic E-state index is 0.0636. The van der Waals surface area contributed by atoms with Crippen LogP contribution in [0.4, 0.5) is 5.69 Å². The van der Waals surface area contributed by atoms with Crippen molar-refractivity contribution in [3.05, 3.63) is 24.3 Å². The standard InChI is InChI=1S/C14H18GeNO3/c1-16(12-9-7-11(15)8-10-12)13(17)5-3-4-6-14(18)19-2/h7-10H,3-6H2,1-2H3. The molecule has 101 valence electrons. The number of benzene rings is 1. The topological polar surface area (TPSA) is 46.6 Å². The zero-order chi connectivity index (χ0) is 14.3. The number of anilines is 1. The molecule has 1 aromatic rings. The Labute approximate surface area is 122 Å². The molecule has 1 aromatic carbocycles. The van der Waals surface area contributed by atoms with Gasteiger partial charge >= 0.3 is 115 Å². The zero-order valence-corrected chi connectivity index (χ0v) is 13.4. The van der Waals surface area contributed by atoms with Crippen molar-refractivity contribution in [3.8, 4) is 0 Å². The van der Waals surface area contributed by atoms with Gasteiger partial charge in [0.05, 0.1) is 7.11 Å². The second kappa shape index (κ2) is 7.99. The summed E-state index contributed by atoms with van der Waals surface area (Å²) < 4.78 is 5.72. The van der Waals surface area contributed by atoms with Gasteiger partial charge < -0.3 is 0 Å². The van der Waals surface area contributed by atoms with Crippen molar-refractivity contribution in [3.63, 3.8) is 0 Å². The van der Waals surface area contributed by atoms with E-state index in [0.717, 1.165) is 5.69 Å². The van der Waals surface area contributed by atoms with Crippen LogP contribution in [0, 0.1) is 0 Å². The van der Waals surface area contributed by atoms with Crippen LogP contribution < -0.4 is 9.30 Å². The van der Waals surface area contributed by atoms with Gasteiger partial charge in [0.25, 0.3) is 0 Å². The molecule has 4 nitrogen and oxygen atoms in total. The molecule has 0 saturated heterocycles. The summed E-state index contributed by atoms with van der Waals surface area (Å²) in [4.78, 5) is 24.5. The fourth-order valence-corrected chi connectivity index (χ4v) is 1.99. The van der Waals surface area contributed by atoms with Gasteiger partial charge in [-0.1, -0.05) is 0 Å². The van der Waals surface area contributed by atoms with Crippen molar-refractivity contribution in [2.24, 2.45) is 0 Å². The molecule has 0 spiro atoms. The van der Waals surface area contributed by atoms with E-state index in [1.54, 1.807) is 11.9 Å². The number of nitrogens with zero attached hydrogens (tertiary/aromatic N) is 1. The van der Waals surface area contributed by atoms with Gasteiger partial charge in [-0.2, -0.15) is 0 Å². The van der Waals surface area contributed by atoms with E-state index in [4.69, 9.17) is 0 Å². The maximum absolute atomic E-state index is 12.0. The number of ether oxygens (including phenoxy) is 1. The molecule has 0 aliphatic rings. The number of hydrogen-bond acceptors (Lipinski definition) is 3. The molecule has 0 unspecified atom stereocenters. The van der Waals surface area contributed by atoms with Gasteiger partial charge in [0.1, 0.15) is 0 Å². The van der Waals surface area contributed by atoms with E-state index in [1.807, 2.05) is 40.8 Å². The third kappa shape index (κ3) is 5.47. The van der Waals surface area contributed by atoms with Crippen molar-refractivity contribution in [1.82, 2.24) is 0 Å². The predicted octanol–water partition coefficient (Wildman–Crippen LogP) is 1.18. The second-order valence-corrected chi connectivity index (χ2v) is 5.49. The maximum atomic E-state index is 12.0. The van der Waals surface area contributed by atoms with E-state index in [9.17, 15) is 9.59 Å². The van der Waals surface area contributed by atoms with E-state index >= 15 is 0 Å². The van der Waals surface area contributed by atoms with Crippen molar-refractivity contribution in [1.29, 1.82) is 0 Å². The molecule has 0 N–H and O–H groups in total. The molecule has 1 amide bonds. The van der Waals surface area contributed by atoms with Crippen LogP contribution in [0.25, 0.3) is 0 Å². The number of esters is 1. The summed E-state index contributed by atoms with van der Waals surface area (Å²) >= 11 is 2.01. The average Bonchev–Trinajstić information content (AvgIpc) is 2.43. The third-order valence-electron chi connectivity index (χ3n) is 2.88. The van der Waals surface area contributed by atoms with E-state index < -0.39 is 0 Å². The Morgan fingerprint density at radius 1 is 1.16 bits per heavy atom. The van der Waals surface area contributed by atoms with Crippen LogP contribution in [0.5, 0.6) is 0 Å². The molecule has 3 radical (unpaired) electrons. The van der Waals surface area contributed by atoms with Crippen molar-refractivity contribution >= 4 is 38.5 Å². The SMILES string of the molecule is COC(=O)CCCCC(=O)N(C)c1cc[c]([Ge])cc1. The molecule has 0 aliphatic carbocycles. The van der Waals surface area contributed by atoms with E-state index in [-0.39, 0.29) is 11.9 Å². The summed E-state index contributed by atoms with van der Waals surface area (Å²) in [7, 11) is 3.14. The van der Waals surface area contributed by atoms with Crippen LogP contribution in [0.2, 0.25) is 0 Å². The molecule has 5 heteroatoms. The Hall–Kier alpha value is -1.30. The number of rotatable bonds is 6. The van der Waals surface area contributed by atoms with Gasteiger partial charge in [0.2, 0.25) is 0 Å². The van der Waals surface area contributed by atoms with E-state index in [2.05, 4.69) is 4.74 Å². The molecular weight excluding hydrogens is 303 g/mol. The number of carbonyl (C=O) groups is 2. The molecule has 19 heavy (non-hydrogen) atoms. The summed E-state index contributed by atoms with van der Waals surface area (Å²) in [6.45, 7) is 0. The molecule has 0 fully saturated rings. The van der Waals surface area contributed by atoms with Crippen molar-refractivity contribution < 1.29 is 14.3 Å². The first-order chi connectivity index (χ1) is 9.04. The Morgan fingerprint density at radius 2 is 1.74 bits per heavy atom. The number of carbonyl (C=O) groups excluding carboxylic acids is 2.